The molecule has 1 fully saturated rings. The Balaban J connectivity index is 1.52. The number of aromatic nitrogens is 5. The summed E-state index contributed by atoms with van der Waals surface area (Å²) in [6.07, 6.45) is 8.14. The Bertz CT molecular complexity index is 876. The quantitative estimate of drug-likeness (QED) is 0.787. The van der Waals surface area contributed by atoms with Crippen molar-refractivity contribution in [3.63, 3.8) is 0 Å². The summed E-state index contributed by atoms with van der Waals surface area (Å²) >= 11 is 0. The average molecular weight is 312 g/mol. The van der Waals surface area contributed by atoms with E-state index >= 15 is 0 Å². The van der Waals surface area contributed by atoms with Crippen LogP contribution in [0.5, 0.6) is 0 Å². The Labute approximate surface area is 133 Å². The topological polar surface area (TPSA) is 71.2 Å². The van der Waals surface area contributed by atoms with Crippen LogP contribution in [-0.4, -0.2) is 42.4 Å². The van der Waals surface area contributed by atoms with Crippen LogP contribution in [0.25, 0.3) is 5.65 Å². The number of fused-ring (bicyclic) bond motifs is 1. The molecule has 4 rings (SSSR count). The summed E-state index contributed by atoms with van der Waals surface area (Å²) in [5.41, 5.74) is 2.75. The van der Waals surface area contributed by atoms with Crippen molar-refractivity contribution < 1.29 is 0 Å². The smallest absolute Gasteiger partial charge is 0.272 e. The Morgan fingerprint density at radius 3 is 3.17 bits per heavy atom. The van der Waals surface area contributed by atoms with Crippen LogP contribution in [0, 0.1) is 0 Å². The normalized spacial score (nSPS) is 19.4. The zero-order valence-corrected chi connectivity index (χ0v) is 13.1. The number of rotatable bonds is 3. The minimum absolute atomic E-state index is 0.0594. The van der Waals surface area contributed by atoms with Crippen molar-refractivity contribution in [2.75, 3.05) is 13.1 Å². The summed E-state index contributed by atoms with van der Waals surface area (Å²) in [7, 11) is 1.95. The van der Waals surface area contributed by atoms with Gasteiger partial charge in [-0.15, -0.1) is 0 Å². The van der Waals surface area contributed by atoms with Gasteiger partial charge in [-0.05, 0) is 30.9 Å². The van der Waals surface area contributed by atoms with Gasteiger partial charge in [0.2, 0.25) is 0 Å². The van der Waals surface area contributed by atoms with E-state index < -0.39 is 0 Å². The summed E-state index contributed by atoms with van der Waals surface area (Å²) < 4.78 is 3.31. The lowest BCUT2D eigenvalue weighted by atomic mass is 9.93. The van der Waals surface area contributed by atoms with Crippen molar-refractivity contribution >= 4 is 5.65 Å². The monoisotopic (exact) mass is 312 g/mol. The lowest BCUT2D eigenvalue weighted by Gasteiger charge is -2.32. The van der Waals surface area contributed by atoms with Crippen molar-refractivity contribution in [2.45, 2.75) is 25.3 Å². The molecule has 1 aliphatic heterocycles. The molecule has 120 valence electrons. The number of aromatic amines is 1. The first-order valence-corrected chi connectivity index (χ1v) is 7.96. The second kappa shape index (κ2) is 5.66. The van der Waals surface area contributed by atoms with Gasteiger partial charge in [-0.1, -0.05) is 0 Å². The lowest BCUT2D eigenvalue weighted by molar-refractivity contribution is 0.198. The highest BCUT2D eigenvalue weighted by Gasteiger charge is 2.22. The zero-order valence-electron chi connectivity index (χ0n) is 13.1. The van der Waals surface area contributed by atoms with Gasteiger partial charge in [0.05, 0.1) is 11.9 Å². The number of piperidine rings is 1. The van der Waals surface area contributed by atoms with Gasteiger partial charge in [0.25, 0.3) is 5.56 Å². The van der Waals surface area contributed by atoms with Crippen LogP contribution in [0.15, 0.2) is 35.5 Å². The molecule has 0 amide bonds. The zero-order chi connectivity index (χ0) is 15.8. The fourth-order valence-corrected chi connectivity index (χ4v) is 3.41. The van der Waals surface area contributed by atoms with Gasteiger partial charge in [-0.2, -0.15) is 5.10 Å². The summed E-state index contributed by atoms with van der Waals surface area (Å²) in [5.74, 6) is 0.509. The van der Waals surface area contributed by atoms with Gasteiger partial charge in [-0.25, -0.2) is 9.50 Å². The van der Waals surface area contributed by atoms with Crippen molar-refractivity contribution in [3.05, 3.63) is 52.3 Å². The van der Waals surface area contributed by atoms with Crippen molar-refractivity contribution in [3.8, 4) is 0 Å². The largest absolute Gasteiger partial charge is 0.297 e. The van der Waals surface area contributed by atoms with Crippen LogP contribution in [0.1, 0.15) is 30.0 Å². The molecule has 3 aromatic heterocycles. The van der Waals surface area contributed by atoms with Gasteiger partial charge in [0.15, 0.2) is 5.65 Å². The number of hydrogen-bond acceptors (Lipinski definition) is 4. The fraction of sp³-hybridized carbons (Fsp3) is 0.438. The molecule has 1 unspecified atom stereocenters. The highest BCUT2D eigenvalue weighted by atomic mass is 16.1. The van der Waals surface area contributed by atoms with E-state index in [9.17, 15) is 4.79 Å². The average Bonchev–Trinajstić information content (AvgIpc) is 3.16. The first kappa shape index (κ1) is 14.2. The Morgan fingerprint density at radius 2 is 2.35 bits per heavy atom. The minimum atomic E-state index is -0.0594. The van der Waals surface area contributed by atoms with Crippen molar-refractivity contribution in [1.29, 1.82) is 0 Å². The van der Waals surface area contributed by atoms with Crippen LogP contribution in [0.4, 0.5) is 0 Å². The molecule has 0 spiro atoms. The van der Waals surface area contributed by atoms with Gasteiger partial charge in [0, 0.05) is 44.7 Å². The van der Waals surface area contributed by atoms with E-state index in [0.717, 1.165) is 25.2 Å². The standard InChI is InChI=1S/C16H20N6O/c1-20-9-13(8-18-20)12-3-2-6-21(10-12)11-14-7-16(23)22-15(19-14)4-5-17-22/h4-5,7-9,12,17H,2-3,6,10-11H2,1H3. The highest BCUT2D eigenvalue weighted by molar-refractivity contribution is 5.36. The third-order valence-electron chi connectivity index (χ3n) is 4.52. The first-order valence-electron chi connectivity index (χ1n) is 7.96. The molecule has 0 saturated carbocycles. The maximum Gasteiger partial charge on any atom is 0.272 e. The predicted molar refractivity (Wildman–Crippen MR) is 86.3 cm³/mol. The van der Waals surface area contributed by atoms with Crippen LogP contribution in [0.3, 0.4) is 0 Å². The number of aryl methyl sites for hydroxylation is 1. The molecule has 7 heteroatoms. The van der Waals surface area contributed by atoms with E-state index in [-0.39, 0.29) is 5.56 Å². The number of nitrogens with one attached hydrogen (secondary N) is 1. The molecule has 7 nitrogen and oxygen atoms in total. The number of likely N-dealkylation sites (tertiary alicyclic amines) is 1. The van der Waals surface area contributed by atoms with Crippen LogP contribution < -0.4 is 5.56 Å². The molecule has 0 radical (unpaired) electrons. The summed E-state index contributed by atoms with van der Waals surface area (Å²) in [6.45, 7) is 2.75. The van der Waals surface area contributed by atoms with Crippen LogP contribution >= 0.6 is 0 Å². The number of hydrogen-bond donors (Lipinski definition) is 1. The first-order chi connectivity index (χ1) is 11.2. The van der Waals surface area contributed by atoms with E-state index in [1.807, 2.05) is 24.0 Å². The van der Waals surface area contributed by atoms with E-state index in [1.54, 1.807) is 12.3 Å². The molecule has 23 heavy (non-hydrogen) atoms. The number of nitrogens with zero attached hydrogens (tertiary/aromatic N) is 5. The number of H-pyrrole nitrogens is 1. The Hall–Kier alpha value is -2.41. The molecular weight excluding hydrogens is 292 g/mol. The molecule has 4 heterocycles. The third kappa shape index (κ3) is 2.79. The molecule has 1 atom stereocenters. The van der Waals surface area contributed by atoms with Gasteiger partial charge < -0.3 is 0 Å². The van der Waals surface area contributed by atoms with Crippen LogP contribution in [-0.2, 0) is 13.6 Å². The maximum absolute atomic E-state index is 12.1. The van der Waals surface area contributed by atoms with Crippen molar-refractivity contribution in [1.82, 2.24) is 29.3 Å². The summed E-state index contributed by atoms with van der Waals surface area (Å²) in [6, 6.07) is 3.44. The second-order valence-electron chi connectivity index (χ2n) is 6.26. The predicted octanol–water partition coefficient (Wildman–Crippen LogP) is 1.14. The molecule has 3 aromatic rings. The molecular formula is C16H20N6O. The van der Waals surface area contributed by atoms with E-state index in [2.05, 4.69) is 26.3 Å². The molecule has 1 N–H and O–H groups in total. The Kier molecular flexibility index (Phi) is 3.49. The fourth-order valence-electron chi connectivity index (χ4n) is 3.41. The maximum atomic E-state index is 12.1. The molecule has 0 aromatic carbocycles. The SMILES string of the molecule is Cn1cc(C2CCCN(Cc3cc(=O)n4[nH]ccc4n3)C2)cn1. The third-order valence-corrected chi connectivity index (χ3v) is 4.52. The van der Waals surface area contributed by atoms with Gasteiger partial charge >= 0.3 is 0 Å². The van der Waals surface area contributed by atoms with Gasteiger partial charge in [0.1, 0.15) is 0 Å². The van der Waals surface area contributed by atoms with E-state index in [1.165, 1.54) is 16.5 Å². The van der Waals surface area contributed by atoms with Gasteiger partial charge in [-0.3, -0.25) is 19.5 Å². The molecule has 0 aliphatic carbocycles. The van der Waals surface area contributed by atoms with E-state index in [0.29, 0.717) is 18.1 Å². The summed E-state index contributed by atoms with van der Waals surface area (Å²) in [4.78, 5) is 19.0. The van der Waals surface area contributed by atoms with Crippen LogP contribution in [0.2, 0.25) is 0 Å². The second-order valence-corrected chi connectivity index (χ2v) is 6.26. The summed E-state index contributed by atoms with van der Waals surface area (Å²) in [5, 5.41) is 7.15. The molecule has 0 bridgehead atoms. The lowest BCUT2D eigenvalue weighted by Crippen LogP contribution is -2.34. The molecule has 1 aliphatic rings. The van der Waals surface area contributed by atoms with E-state index in [4.69, 9.17) is 0 Å². The minimum Gasteiger partial charge on any atom is -0.297 e. The molecule has 1 saturated heterocycles. The van der Waals surface area contributed by atoms with Crippen molar-refractivity contribution in [2.24, 2.45) is 7.05 Å². The highest BCUT2D eigenvalue weighted by Crippen LogP contribution is 2.27. The Morgan fingerprint density at radius 1 is 1.43 bits per heavy atom.